The van der Waals surface area contributed by atoms with E-state index in [9.17, 15) is 13.0 Å². The number of anilines is 1. The van der Waals surface area contributed by atoms with E-state index in [4.69, 9.17) is 0 Å². The fourth-order valence-corrected chi connectivity index (χ4v) is 3.28. The van der Waals surface area contributed by atoms with E-state index in [1.54, 1.807) is 24.3 Å². The van der Waals surface area contributed by atoms with Crippen molar-refractivity contribution in [2.24, 2.45) is 20.5 Å². The Morgan fingerprint density at radius 1 is 0.656 bits per heavy atom. The minimum atomic E-state index is -4.47. The van der Waals surface area contributed by atoms with Crippen molar-refractivity contribution in [1.29, 1.82) is 0 Å². The number of hydrogen-bond acceptors (Lipinski definition) is 8. The van der Waals surface area contributed by atoms with Gasteiger partial charge in [0.1, 0.15) is 10.1 Å². The van der Waals surface area contributed by atoms with Gasteiger partial charge < -0.3 is 9.45 Å². The van der Waals surface area contributed by atoms with Crippen LogP contribution in [-0.2, 0) is 10.1 Å². The molecule has 0 aliphatic rings. The molecule has 0 saturated carbocycles. The molecule has 3 rings (SSSR count). The number of hydrogen-bond donors (Lipinski definition) is 0. The van der Waals surface area contributed by atoms with Crippen LogP contribution in [0.5, 0.6) is 0 Å². The molecule has 0 bridgehead atoms. The summed E-state index contributed by atoms with van der Waals surface area (Å²) in [5, 5.41) is 16.6. The summed E-state index contributed by atoms with van der Waals surface area (Å²) in [5.41, 5.74) is 3.63. The molecule has 0 aliphatic heterocycles. The molecule has 0 unspecified atom stereocenters. The summed E-state index contributed by atoms with van der Waals surface area (Å²) in [6, 6.07) is 20.2. The van der Waals surface area contributed by atoms with Crippen molar-refractivity contribution in [2.45, 2.75) is 18.7 Å². The SMILES string of the molecule is CCN(CC)c1ccc(N=Nc2ccc(N=Nc3ccc(S(=O)(=O)[O-])cc3)cc2)cc1.[Na+]. The van der Waals surface area contributed by atoms with Crippen LogP contribution in [0, 0.1) is 0 Å². The predicted molar refractivity (Wildman–Crippen MR) is 119 cm³/mol. The van der Waals surface area contributed by atoms with Crippen LogP contribution in [0.4, 0.5) is 28.4 Å². The molecule has 3 aromatic rings. The molecule has 8 nitrogen and oxygen atoms in total. The molecule has 10 heteroatoms. The Balaban J connectivity index is 0.00000363. The average molecular weight is 460 g/mol. The normalized spacial score (nSPS) is 11.6. The predicted octanol–water partition coefficient (Wildman–Crippen LogP) is 3.27. The average Bonchev–Trinajstić information content (AvgIpc) is 2.78. The third-order valence-electron chi connectivity index (χ3n) is 4.52. The molecule has 0 fully saturated rings. The van der Waals surface area contributed by atoms with E-state index in [0.717, 1.165) is 24.5 Å². The van der Waals surface area contributed by atoms with Crippen LogP contribution >= 0.6 is 0 Å². The second-order valence-corrected chi connectivity index (χ2v) is 7.93. The van der Waals surface area contributed by atoms with Crippen LogP contribution < -0.4 is 34.5 Å². The summed E-state index contributed by atoms with van der Waals surface area (Å²) >= 11 is 0. The summed E-state index contributed by atoms with van der Waals surface area (Å²) in [5.74, 6) is 0. The fraction of sp³-hybridized carbons (Fsp3) is 0.182. The van der Waals surface area contributed by atoms with E-state index in [1.807, 2.05) is 24.3 Å². The first kappa shape index (κ1) is 25.8. The molecule has 0 heterocycles. The summed E-state index contributed by atoms with van der Waals surface area (Å²) in [7, 11) is -4.47. The fourth-order valence-electron chi connectivity index (χ4n) is 2.82. The van der Waals surface area contributed by atoms with E-state index in [-0.39, 0.29) is 34.5 Å². The molecule has 0 spiro atoms. The van der Waals surface area contributed by atoms with Gasteiger partial charge in [0, 0.05) is 18.8 Å². The Bertz CT molecular complexity index is 1160. The maximum absolute atomic E-state index is 10.9. The monoisotopic (exact) mass is 459 g/mol. The molecule has 160 valence electrons. The molecule has 0 saturated heterocycles. The van der Waals surface area contributed by atoms with Gasteiger partial charge in [-0.05, 0) is 86.6 Å². The Morgan fingerprint density at radius 3 is 1.28 bits per heavy atom. The zero-order valence-corrected chi connectivity index (χ0v) is 21.0. The van der Waals surface area contributed by atoms with Gasteiger partial charge in [-0.25, -0.2) is 8.42 Å². The van der Waals surface area contributed by atoms with E-state index < -0.39 is 10.1 Å². The second kappa shape index (κ2) is 12.0. The van der Waals surface area contributed by atoms with Crippen LogP contribution in [-0.4, -0.2) is 26.1 Å². The van der Waals surface area contributed by atoms with Gasteiger partial charge in [-0.2, -0.15) is 20.5 Å². The maximum Gasteiger partial charge on any atom is 1.00 e. The largest absolute Gasteiger partial charge is 1.00 e. The molecule has 32 heavy (non-hydrogen) atoms. The summed E-state index contributed by atoms with van der Waals surface area (Å²) < 4.78 is 32.8. The molecule has 0 radical (unpaired) electrons. The smallest absolute Gasteiger partial charge is 0.744 e. The third-order valence-corrected chi connectivity index (χ3v) is 5.36. The zero-order valence-electron chi connectivity index (χ0n) is 18.2. The van der Waals surface area contributed by atoms with Crippen LogP contribution in [0.1, 0.15) is 13.8 Å². The first-order valence-electron chi connectivity index (χ1n) is 9.73. The standard InChI is InChI=1S/C22H23N5O3S.Na/c1-3-27(4-2)21-13-9-19(10-14-21)25-23-17-5-7-18(8-6-17)24-26-20-11-15-22(16-12-20)31(28,29)30;/h5-16H,3-4H2,1-2H3,(H,28,29,30);/q;+1/p-1. The molecular formula is C22H22N5NaO3S. The third kappa shape index (κ3) is 7.32. The topological polar surface area (TPSA) is 110 Å². The summed E-state index contributed by atoms with van der Waals surface area (Å²) in [6.07, 6.45) is 0. The van der Waals surface area contributed by atoms with Gasteiger partial charge in [0.15, 0.2) is 0 Å². The molecule has 0 amide bonds. The molecule has 0 N–H and O–H groups in total. The van der Waals surface area contributed by atoms with Crippen LogP contribution in [0.15, 0.2) is 98.1 Å². The van der Waals surface area contributed by atoms with Crippen molar-refractivity contribution in [3.05, 3.63) is 72.8 Å². The number of azo groups is 2. The summed E-state index contributed by atoms with van der Waals surface area (Å²) in [6.45, 7) is 6.15. The first-order chi connectivity index (χ1) is 14.9. The van der Waals surface area contributed by atoms with Gasteiger partial charge in [0.2, 0.25) is 0 Å². The van der Waals surface area contributed by atoms with Crippen molar-refractivity contribution in [3.8, 4) is 0 Å². The number of rotatable bonds is 8. The quantitative estimate of drug-likeness (QED) is 0.292. The minimum absolute atomic E-state index is 0. The van der Waals surface area contributed by atoms with Crippen LogP contribution in [0.3, 0.4) is 0 Å². The van der Waals surface area contributed by atoms with Gasteiger partial charge in [-0.15, -0.1) is 0 Å². The van der Waals surface area contributed by atoms with E-state index in [1.165, 1.54) is 24.3 Å². The summed E-state index contributed by atoms with van der Waals surface area (Å²) in [4.78, 5) is 1.96. The van der Waals surface area contributed by atoms with E-state index >= 15 is 0 Å². The van der Waals surface area contributed by atoms with Crippen molar-refractivity contribution in [3.63, 3.8) is 0 Å². The van der Waals surface area contributed by atoms with Crippen molar-refractivity contribution in [1.82, 2.24) is 0 Å². The maximum atomic E-state index is 10.9. The van der Waals surface area contributed by atoms with Crippen LogP contribution in [0.2, 0.25) is 0 Å². The first-order valence-corrected chi connectivity index (χ1v) is 11.1. The van der Waals surface area contributed by atoms with Crippen molar-refractivity contribution in [2.75, 3.05) is 18.0 Å². The molecule has 0 aromatic heterocycles. The van der Waals surface area contributed by atoms with Crippen molar-refractivity contribution < 1.29 is 42.5 Å². The van der Waals surface area contributed by atoms with E-state index in [0.29, 0.717) is 17.1 Å². The minimum Gasteiger partial charge on any atom is -0.744 e. The van der Waals surface area contributed by atoms with Gasteiger partial charge in [0.05, 0.1) is 27.6 Å². The number of nitrogens with zero attached hydrogens (tertiary/aromatic N) is 5. The van der Waals surface area contributed by atoms with Gasteiger partial charge in [-0.1, -0.05) is 0 Å². The van der Waals surface area contributed by atoms with Crippen LogP contribution in [0.25, 0.3) is 0 Å². The molecule has 0 aliphatic carbocycles. The zero-order chi connectivity index (χ0) is 22.3. The van der Waals surface area contributed by atoms with E-state index in [2.05, 4.69) is 39.2 Å². The molecular weight excluding hydrogens is 437 g/mol. The van der Waals surface area contributed by atoms with Gasteiger partial charge in [0.25, 0.3) is 0 Å². The Hall–Kier alpha value is -2.43. The van der Waals surface area contributed by atoms with Gasteiger partial charge in [-0.3, -0.25) is 0 Å². The molecule has 0 atom stereocenters. The Labute approximate surface area is 210 Å². The Morgan fingerprint density at radius 2 is 0.969 bits per heavy atom. The van der Waals surface area contributed by atoms with Crippen molar-refractivity contribution >= 4 is 38.6 Å². The second-order valence-electron chi connectivity index (χ2n) is 6.55. The number of benzene rings is 3. The Kier molecular flexibility index (Phi) is 9.67. The van der Waals surface area contributed by atoms with Gasteiger partial charge >= 0.3 is 29.6 Å². The molecule has 3 aromatic carbocycles.